The van der Waals surface area contributed by atoms with Gasteiger partial charge in [0.05, 0.1) is 0 Å². The number of ether oxygens (including phenoxy) is 1. The summed E-state index contributed by atoms with van der Waals surface area (Å²) < 4.78 is 18.5. The van der Waals surface area contributed by atoms with Crippen LogP contribution in [0.2, 0.25) is 5.02 Å². The molecule has 0 radical (unpaired) electrons. The standard InChI is InChI=1S/C19H15ClFNO2/c1-13-9-19(23)22(16-5-7-17(8-6-16)24-12-21)11-18(13)14-3-2-4-15(20)10-14/h2-11H,12H2,1H3. The molecule has 3 aromatic rings. The molecule has 0 bridgehead atoms. The van der Waals surface area contributed by atoms with Crippen molar-refractivity contribution in [3.05, 3.63) is 81.7 Å². The molecular weight excluding hydrogens is 329 g/mol. The number of nitrogens with zero attached hydrogens (tertiary/aromatic N) is 1. The molecule has 0 aliphatic heterocycles. The first kappa shape index (κ1) is 16.3. The average molecular weight is 344 g/mol. The summed E-state index contributed by atoms with van der Waals surface area (Å²) in [6.45, 7) is 1.00. The minimum absolute atomic E-state index is 0.141. The summed E-state index contributed by atoms with van der Waals surface area (Å²) in [5.41, 5.74) is 3.26. The Hall–Kier alpha value is -2.59. The summed E-state index contributed by atoms with van der Waals surface area (Å²) in [5, 5.41) is 0.636. The van der Waals surface area contributed by atoms with E-state index in [9.17, 15) is 9.18 Å². The topological polar surface area (TPSA) is 31.2 Å². The fourth-order valence-corrected chi connectivity index (χ4v) is 2.74. The molecule has 0 N–H and O–H groups in total. The van der Waals surface area contributed by atoms with Gasteiger partial charge in [0.2, 0.25) is 6.86 Å². The quantitative estimate of drug-likeness (QED) is 0.683. The molecule has 0 atom stereocenters. The number of hydrogen-bond acceptors (Lipinski definition) is 2. The molecule has 0 unspecified atom stereocenters. The van der Waals surface area contributed by atoms with E-state index < -0.39 is 6.86 Å². The van der Waals surface area contributed by atoms with Gasteiger partial charge >= 0.3 is 0 Å². The first-order valence-corrected chi connectivity index (χ1v) is 7.75. The van der Waals surface area contributed by atoms with Crippen LogP contribution in [0.1, 0.15) is 5.56 Å². The predicted molar refractivity (Wildman–Crippen MR) is 93.8 cm³/mol. The monoisotopic (exact) mass is 343 g/mol. The predicted octanol–water partition coefficient (Wildman–Crippen LogP) is 4.77. The smallest absolute Gasteiger partial charge is 0.255 e. The highest BCUT2D eigenvalue weighted by Crippen LogP contribution is 2.25. The number of pyridine rings is 1. The second kappa shape index (κ2) is 6.89. The van der Waals surface area contributed by atoms with Gasteiger partial charge in [-0.25, -0.2) is 4.39 Å². The minimum atomic E-state index is -0.886. The largest absolute Gasteiger partial charge is 0.463 e. The van der Waals surface area contributed by atoms with E-state index in [1.54, 1.807) is 47.2 Å². The molecule has 0 saturated heterocycles. The van der Waals surface area contributed by atoms with Crippen LogP contribution in [0.4, 0.5) is 4.39 Å². The molecule has 122 valence electrons. The fraction of sp³-hybridized carbons (Fsp3) is 0.105. The van der Waals surface area contributed by atoms with E-state index in [4.69, 9.17) is 16.3 Å². The second-order valence-corrected chi connectivity index (χ2v) is 5.77. The lowest BCUT2D eigenvalue weighted by Gasteiger charge is -2.12. The molecule has 3 nitrogen and oxygen atoms in total. The van der Waals surface area contributed by atoms with Crippen LogP contribution in [0, 0.1) is 6.92 Å². The molecular formula is C19H15ClFNO2. The Labute approximate surface area is 143 Å². The number of rotatable bonds is 4. The number of aryl methyl sites for hydroxylation is 1. The van der Waals surface area contributed by atoms with Crippen LogP contribution in [0.3, 0.4) is 0 Å². The van der Waals surface area contributed by atoms with E-state index in [0.29, 0.717) is 16.5 Å². The van der Waals surface area contributed by atoms with E-state index in [-0.39, 0.29) is 5.56 Å². The van der Waals surface area contributed by atoms with E-state index >= 15 is 0 Å². The van der Waals surface area contributed by atoms with Crippen molar-refractivity contribution in [3.63, 3.8) is 0 Å². The molecule has 1 heterocycles. The molecule has 0 amide bonds. The molecule has 3 rings (SSSR count). The Morgan fingerprint density at radius 1 is 1.12 bits per heavy atom. The summed E-state index contributed by atoms with van der Waals surface area (Å²) in [4.78, 5) is 12.3. The third-order valence-electron chi connectivity index (χ3n) is 3.73. The first-order chi connectivity index (χ1) is 11.6. The van der Waals surface area contributed by atoms with Gasteiger partial charge in [-0.1, -0.05) is 23.7 Å². The highest BCUT2D eigenvalue weighted by Gasteiger charge is 2.08. The van der Waals surface area contributed by atoms with Crippen LogP contribution >= 0.6 is 11.6 Å². The van der Waals surface area contributed by atoms with Crippen molar-refractivity contribution in [2.45, 2.75) is 6.92 Å². The molecule has 5 heteroatoms. The van der Waals surface area contributed by atoms with Crippen LogP contribution in [-0.2, 0) is 0 Å². The lowest BCUT2D eigenvalue weighted by molar-refractivity contribution is 0.192. The van der Waals surface area contributed by atoms with E-state index in [1.807, 2.05) is 25.1 Å². The number of aromatic nitrogens is 1. The number of hydrogen-bond donors (Lipinski definition) is 0. The van der Waals surface area contributed by atoms with Crippen LogP contribution < -0.4 is 10.3 Å². The van der Waals surface area contributed by atoms with Crippen LogP contribution in [-0.4, -0.2) is 11.4 Å². The maximum Gasteiger partial charge on any atom is 0.255 e. The van der Waals surface area contributed by atoms with Gasteiger partial charge in [0.25, 0.3) is 5.56 Å². The van der Waals surface area contributed by atoms with E-state index in [0.717, 1.165) is 16.7 Å². The third-order valence-corrected chi connectivity index (χ3v) is 3.97. The van der Waals surface area contributed by atoms with Crippen molar-refractivity contribution < 1.29 is 9.13 Å². The number of halogens is 2. The van der Waals surface area contributed by atoms with Crippen LogP contribution in [0.5, 0.6) is 5.75 Å². The van der Waals surface area contributed by atoms with Crippen molar-refractivity contribution in [1.82, 2.24) is 4.57 Å². The van der Waals surface area contributed by atoms with Crippen molar-refractivity contribution in [3.8, 4) is 22.6 Å². The van der Waals surface area contributed by atoms with Crippen molar-refractivity contribution in [1.29, 1.82) is 0 Å². The normalized spacial score (nSPS) is 10.6. The van der Waals surface area contributed by atoms with E-state index in [1.165, 1.54) is 0 Å². The van der Waals surface area contributed by atoms with Crippen LogP contribution in [0.15, 0.2) is 65.6 Å². The molecule has 0 fully saturated rings. The van der Waals surface area contributed by atoms with Crippen molar-refractivity contribution in [2.75, 3.05) is 6.86 Å². The fourth-order valence-electron chi connectivity index (χ4n) is 2.55. The lowest BCUT2D eigenvalue weighted by atomic mass is 10.0. The highest BCUT2D eigenvalue weighted by atomic mass is 35.5. The van der Waals surface area contributed by atoms with Gasteiger partial charge in [-0.3, -0.25) is 9.36 Å². The average Bonchev–Trinajstić information content (AvgIpc) is 2.56. The zero-order valence-electron chi connectivity index (χ0n) is 13.0. The highest BCUT2D eigenvalue weighted by molar-refractivity contribution is 6.30. The Morgan fingerprint density at radius 2 is 1.88 bits per heavy atom. The Balaban J connectivity index is 2.09. The number of benzene rings is 2. The summed E-state index contributed by atoms with van der Waals surface area (Å²) in [6, 6.07) is 15.7. The molecule has 2 aromatic carbocycles. The Bertz CT molecular complexity index is 919. The Morgan fingerprint density at radius 3 is 2.54 bits per heavy atom. The molecule has 24 heavy (non-hydrogen) atoms. The van der Waals surface area contributed by atoms with Gasteiger partial charge in [-0.05, 0) is 54.4 Å². The number of alkyl halides is 1. The Kier molecular flexibility index (Phi) is 4.67. The van der Waals surface area contributed by atoms with E-state index in [2.05, 4.69) is 0 Å². The molecule has 0 aliphatic rings. The van der Waals surface area contributed by atoms with Gasteiger partial charge < -0.3 is 4.74 Å². The maximum absolute atomic E-state index is 12.3. The summed E-state index contributed by atoms with van der Waals surface area (Å²) in [7, 11) is 0. The zero-order valence-corrected chi connectivity index (χ0v) is 13.8. The second-order valence-electron chi connectivity index (χ2n) is 5.34. The van der Waals surface area contributed by atoms with Gasteiger partial charge in [-0.15, -0.1) is 0 Å². The lowest BCUT2D eigenvalue weighted by Crippen LogP contribution is -2.17. The van der Waals surface area contributed by atoms with Gasteiger partial charge in [0.1, 0.15) is 5.75 Å². The summed E-state index contributed by atoms with van der Waals surface area (Å²) in [5.74, 6) is 0.413. The molecule has 0 aliphatic carbocycles. The first-order valence-electron chi connectivity index (χ1n) is 7.37. The van der Waals surface area contributed by atoms with Gasteiger partial charge in [0, 0.05) is 28.5 Å². The summed E-state index contributed by atoms with van der Waals surface area (Å²) in [6.07, 6.45) is 1.79. The van der Waals surface area contributed by atoms with Crippen molar-refractivity contribution >= 4 is 11.6 Å². The van der Waals surface area contributed by atoms with Gasteiger partial charge in [0.15, 0.2) is 0 Å². The maximum atomic E-state index is 12.3. The van der Waals surface area contributed by atoms with Crippen molar-refractivity contribution in [2.24, 2.45) is 0 Å². The molecule has 0 spiro atoms. The minimum Gasteiger partial charge on any atom is -0.463 e. The third kappa shape index (κ3) is 3.34. The van der Waals surface area contributed by atoms with Crippen LogP contribution in [0.25, 0.3) is 16.8 Å². The zero-order chi connectivity index (χ0) is 17.1. The molecule has 1 aromatic heterocycles. The van der Waals surface area contributed by atoms with Gasteiger partial charge in [-0.2, -0.15) is 0 Å². The summed E-state index contributed by atoms with van der Waals surface area (Å²) >= 11 is 6.07. The SMILES string of the molecule is Cc1cc(=O)n(-c2ccc(OCF)cc2)cc1-c1cccc(Cl)c1. The molecule has 0 saturated carbocycles.